The summed E-state index contributed by atoms with van der Waals surface area (Å²) in [6, 6.07) is 8.25. The zero-order chi connectivity index (χ0) is 13.8. The van der Waals surface area contributed by atoms with Crippen molar-refractivity contribution in [3.05, 3.63) is 35.4 Å². The molecule has 104 valence electrons. The van der Waals surface area contributed by atoms with E-state index in [1.807, 2.05) is 11.9 Å². The van der Waals surface area contributed by atoms with E-state index in [0.717, 1.165) is 5.92 Å². The summed E-state index contributed by atoms with van der Waals surface area (Å²) in [5, 5.41) is 8.98. The van der Waals surface area contributed by atoms with Gasteiger partial charge in [-0.3, -0.25) is 9.69 Å². The molecule has 1 aromatic carbocycles. The Morgan fingerprint density at radius 2 is 1.89 bits per heavy atom. The Bertz CT molecular complexity index is 421. The first kappa shape index (κ1) is 14.1. The Kier molecular flexibility index (Phi) is 4.59. The number of carboxylic acid groups (broad SMARTS) is 1. The maximum atomic E-state index is 10.9. The van der Waals surface area contributed by atoms with Crippen molar-refractivity contribution in [2.75, 3.05) is 7.05 Å². The van der Waals surface area contributed by atoms with Gasteiger partial charge in [-0.15, -0.1) is 0 Å². The average Bonchev–Trinajstić information content (AvgIpc) is 2.92. The molecule has 0 radical (unpaired) electrons. The Hall–Kier alpha value is -1.35. The average molecular weight is 261 g/mol. The topological polar surface area (TPSA) is 40.5 Å². The summed E-state index contributed by atoms with van der Waals surface area (Å²) >= 11 is 0. The van der Waals surface area contributed by atoms with Crippen LogP contribution >= 0.6 is 0 Å². The van der Waals surface area contributed by atoms with Gasteiger partial charge in [-0.05, 0) is 43.9 Å². The molecule has 1 unspecified atom stereocenters. The van der Waals surface area contributed by atoms with Crippen LogP contribution in [-0.2, 0) is 11.3 Å². The Morgan fingerprint density at radius 1 is 1.32 bits per heavy atom. The molecule has 0 amide bonds. The van der Waals surface area contributed by atoms with Crippen LogP contribution in [0.3, 0.4) is 0 Å². The smallest absolute Gasteiger partial charge is 0.320 e. The normalized spacial score (nSPS) is 17.8. The van der Waals surface area contributed by atoms with E-state index in [1.54, 1.807) is 6.92 Å². The highest BCUT2D eigenvalue weighted by atomic mass is 16.4. The molecule has 0 spiro atoms. The van der Waals surface area contributed by atoms with Gasteiger partial charge in [0.15, 0.2) is 0 Å². The van der Waals surface area contributed by atoms with E-state index in [4.69, 9.17) is 5.11 Å². The van der Waals surface area contributed by atoms with Crippen LogP contribution in [0.25, 0.3) is 0 Å². The van der Waals surface area contributed by atoms with Crippen molar-refractivity contribution in [1.82, 2.24) is 4.90 Å². The molecule has 0 aromatic heterocycles. The predicted octanol–water partition coefficient (Wildman–Crippen LogP) is 3.25. The predicted molar refractivity (Wildman–Crippen MR) is 76.2 cm³/mol. The summed E-state index contributed by atoms with van der Waals surface area (Å²) in [7, 11) is 1.85. The number of benzene rings is 1. The molecule has 1 aliphatic rings. The third kappa shape index (κ3) is 3.57. The molecule has 0 aliphatic heterocycles. The fourth-order valence-corrected chi connectivity index (χ4v) is 2.77. The van der Waals surface area contributed by atoms with Crippen LogP contribution in [0, 0.1) is 0 Å². The second-order valence-corrected chi connectivity index (χ2v) is 5.65. The number of likely N-dealkylation sites (N-methyl/N-ethyl adjacent to an activating group) is 1. The number of carboxylic acids is 1. The highest BCUT2D eigenvalue weighted by molar-refractivity contribution is 5.72. The van der Waals surface area contributed by atoms with Gasteiger partial charge in [0, 0.05) is 6.54 Å². The first-order valence-corrected chi connectivity index (χ1v) is 7.10. The van der Waals surface area contributed by atoms with Gasteiger partial charge in [-0.2, -0.15) is 0 Å². The molecule has 1 fully saturated rings. The second-order valence-electron chi connectivity index (χ2n) is 5.65. The molecule has 1 saturated carbocycles. The number of hydrogen-bond donors (Lipinski definition) is 1. The van der Waals surface area contributed by atoms with Crippen molar-refractivity contribution in [3.8, 4) is 0 Å². The molecule has 1 atom stereocenters. The van der Waals surface area contributed by atoms with Crippen LogP contribution in [0.4, 0.5) is 0 Å². The van der Waals surface area contributed by atoms with Gasteiger partial charge in [0.2, 0.25) is 0 Å². The van der Waals surface area contributed by atoms with Crippen molar-refractivity contribution in [2.24, 2.45) is 0 Å². The molecule has 19 heavy (non-hydrogen) atoms. The zero-order valence-electron chi connectivity index (χ0n) is 11.8. The van der Waals surface area contributed by atoms with Gasteiger partial charge < -0.3 is 5.11 Å². The van der Waals surface area contributed by atoms with E-state index in [0.29, 0.717) is 6.54 Å². The van der Waals surface area contributed by atoms with Crippen molar-refractivity contribution < 1.29 is 9.90 Å². The Balaban J connectivity index is 1.96. The van der Waals surface area contributed by atoms with Gasteiger partial charge in [0.25, 0.3) is 0 Å². The van der Waals surface area contributed by atoms with E-state index in [2.05, 4.69) is 24.3 Å². The molecule has 1 aromatic rings. The van der Waals surface area contributed by atoms with Crippen molar-refractivity contribution >= 4 is 5.97 Å². The molecule has 0 heterocycles. The van der Waals surface area contributed by atoms with E-state index in [-0.39, 0.29) is 0 Å². The van der Waals surface area contributed by atoms with Gasteiger partial charge in [0.05, 0.1) is 0 Å². The van der Waals surface area contributed by atoms with E-state index in [9.17, 15) is 4.79 Å². The highest BCUT2D eigenvalue weighted by Gasteiger charge is 2.18. The summed E-state index contributed by atoms with van der Waals surface area (Å²) in [4.78, 5) is 12.8. The molecule has 2 rings (SSSR count). The van der Waals surface area contributed by atoms with E-state index in [1.165, 1.54) is 36.8 Å². The molecule has 3 heteroatoms. The van der Waals surface area contributed by atoms with Crippen LogP contribution in [0.15, 0.2) is 24.3 Å². The lowest BCUT2D eigenvalue weighted by molar-refractivity contribution is -0.142. The van der Waals surface area contributed by atoms with Crippen LogP contribution in [0.1, 0.15) is 49.7 Å². The lowest BCUT2D eigenvalue weighted by atomic mass is 9.96. The van der Waals surface area contributed by atoms with Crippen molar-refractivity contribution in [2.45, 2.75) is 51.1 Å². The summed E-state index contributed by atoms with van der Waals surface area (Å²) < 4.78 is 0. The lowest BCUT2D eigenvalue weighted by Gasteiger charge is -2.21. The molecule has 3 nitrogen and oxygen atoms in total. The molecule has 1 N–H and O–H groups in total. The van der Waals surface area contributed by atoms with Gasteiger partial charge in [-0.25, -0.2) is 0 Å². The number of nitrogens with zero attached hydrogens (tertiary/aromatic N) is 1. The van der Waals surface area contributed by atoms with Crippen molar-refractivity contribution in [3.63, 3.8) is 0 Å². The van der Waals surface area contributed by atoms with Crippen LogP contribution < -0.4 is 0 Å². The first-order chi connectivity index (χ1) is 9.08. The number of hydrogen-bond acceptors (Lipinski definition) is 2. The maximum absolute atomic E-state index is 10.9. The third-order valence-corrected chi connectivity index (χ3v) is 4.26. The number of rotatable bonds is 5. The molecule has 1 aliphatic carbocycles. The van der Waals surface area contributed by atoms with Crippen molar-refractivity contribution in [1.29, 1.82) is 0 Å². The summed E-state index contributed by atoms with van der Waals surface area (Å²) in [5.74, 6) is -0.0326. The molecule has 0 saturated heterocycles. The largest absolute Gasteiger partial charge is 0.480 e. The fraction of sp³-hybridized carbons (Fsp3) is 0.562. The van der Waals surface area contributed by atoms with Crippen LogP contribution in [-0.4, -0.2) is 29.1 Å². The van der Waals surface area contributed by atoms with Crippen LogP contribution in [0.5, 0.6) is 0 Å². The SMILES string of the molecule is CC(C(=O)O)N(C)Cc1ccc(C2CCCC2)cc1. The standard InChI is InChI=1S/C16H23NO2/c1-12(16(18)19)17(2)11-13-7-9-15(10-8-13)14-5-3-4-6-14/h7-10,12,14H,3-6,11H2,1-2H3,(H,18,19). The second kappa shape index (κ2) is 6.20. The first-order valence-electron chi connectivity index (χ1n) is 7.10. The Labute approximate surface area is 115 Å². The summed E-state index contributed by atoms with van der Waals surface area (Å²) in [5.41, 5.74) is 2.62. The Morgan fingerprint density at radius 3 is 2.42 bits per heavy atom. The minimum absolute atomic E-state index is 0.450. The third-order valence-electron chi connectivity index (χ3n) is 4.26. The highest BCUT2D eigenvalue weighted by Crippen LogP contribution is 2.34. The molecular formula is C16H23NO2. The molecular weight excluding hydrogens is 238 g/mol. The maximum Gasteiger partial charge on any atom is 0.320 e. The summed E-state index contributed by atoms with van der Waals surface area (Å²) in [6.45, 7) is 2.40. The minimum atomic E-state index is -0.773. The van der Waals surface area contributed by atoms with E-state index >= 15 is 0 Å². The fourth-order valence-electron chi connectivity index (χ4n) is 2.77. The van der Waals surface area contributed by atoms with Gasteiger partial charge in [-0.1, -0.05) is 37.1 Å². The zero-order valence-corrected chi connectivity index (χ0v) is 11.8. The number of aliphatic carboxylic acids is 1. The number of carbonyl (C=O) groups is 1. The van der Waals surface area contributed by atoms with Gasteiger partial charge in [0.1, 0.15) is 6.04 Å². The quantitative estimate of drug-likeness (QED) is 0.884. The summed E-state index contributed by atoms with van der Waals surface area (Å²) in [6.07, 6.45) is 5.33. The van der Waals surface area contributed by atoms with Crippen LogP contribution in [0.2, 0.25) is 0 Å². The monoisotopic (exact) mass is 261 g/mol. The van der Waals surface area contributed by atoms with E-state index < -0.39 is 12.0 Å². The molecule has 0 bridgehead atoms. The lowest BCUT2D eigenvalue weighted by Crippen LogP contribution is -2.35. The minimum Gasteiger partial charge on any atom is -0.480 e. The van der Waals surface area contributed by atoms with Gasteiger partial charge >= 0.3 is 5.97 Å².